The summed E-state index contributed by atoms with van der Waals surface area (Å²) in [6.45, 7) is 1.09. The summed E-state index contributed by atoms with van der Waals surface area (Å²) in [6, 6.07) is 4.41. The van der Waals surface area contributed by atoms with Gasteiger partial charge in [-0.1, -0.05) is 31.7 Å². The monoisotopic (exact) mass is 244 g/mol. The van der Waals surface area contributed by atoms with Crippen LogP contribution in [0.5, 0.6) is 0 Å². The van der Waals surface area contributed by atoms with Crippen molar-refractivity contribution in [3.05, 3.63) is 23.4 Å². The molecule has 2 nitrogen and oxygen atoms in total. The molecule has 2 aliphatic rings. The van der Waals surface area contributed by atoms with Crippen molar-refractivity contribution in [1.82, 2.24) is 4.98 Å². The van der Waals surface area contributed by atoms with E-state index < -0.39 is 0 Å². The number of rotatable bonds is 5. The first-order valence-corrected chi connectivity index (χ1v) is 7.64. The van der Waals surface area contributed by atoms with E-state index in [0.717, 1.165) is 18.3 Å². The first-order chi connectivity index (χ1) is 8.92. The predicted molar refractivity (Wildman–Crippen MR) is 75.9 cm³/mol. The minimum Gasteiger partial charge on any atom is -0.370 e. The van der Waals surface area contributed by atoms with E-state index in [1.807, 2.05) is 0 Å². The number of pyridine rings is 1. The smallest absolute Gasteiger partial charge is 0.126 e. The van der Waals surface area contributed by atoms with E-state index >= 15 is 0 Å². The lowest BCUT2D eigenvalue weighted by molar-refractivity contribution is 0.491. The molecule has 1 aromatic heterocycles. The topological polar surface area (TPSA) is 24.9 Å². The molecule has 0 aliphatic heterocycles. The summed E-state index contributed by atoms with van der Waals surface area (Å²) in [5, 5.41) is 3.49. The molecule has 3 rings (SSSR count). The van der Waals surface area contributed by atoms with Gasteiger partial charge in [0.15, 0.2) is 0 Å². The number of hydrogen-bond donors (Lipinski definition) is 1. The van der Waals surface area contributed by atoms with E-state index in [2.05, 4.69) is 17.4 Å². The van der Waals surface area contributed by atoms with Gasteiger partial charge in [-0.3, -0.25) is 0 Å². The highest BCUT2D eigenvalue weighted by molar-refractivity contribution is 5.40. The molecule has 0 amide bonds. The Morgan fingerprint density at radius 1 is 1.11 bits per heavy atom. The molecule has 1 heterocycles. The Bertz CT molecular complexity index is 394. The van der Waals surface area contributed by atoms with E-state index in [9.17, 15) is 0 Å². The third-order valence-corrected chi connectivity index (χ3v) is 4.50. The summed E-state index contributed by atoms with van der Waals surface area (Å²) < 4.78 is 0. The fraction of sp³-hybridized carbons (Fsp3) is 0.688. The molecule has 0 bridgehead atoms. The normalized spacial score (nSPS) is 19.1. The number of aryl methyl sites for hydroxylation is 2. The number of aromatic nitrogens is 1. The van der Waals surface area contributed by atoms with Crippen LogP contribution in [-0.4, -0.2) is 11.5 Å². The SMILES string of the molecule is c1cc2c(nc1NCCCC1CCCC1)CCC2. The molecule has 1 aromatic rings. The zero-order valence-electron chi connectivity index (χ0n) is 11.3. The fourth-order valence-corrected chi connectivity index (χ4v) is 3.43. The van der Waals surface area contributed by atoms with Crippen molar-refractivity contribution < 1.29 is 0 Å². The summed E-state index contributed by atoms with van der Waals surface area (Å²) in [7, 11) is 0. The van der Waals surface area contributed by atoms with E-state index in [4.69, 9.17) is 4.98 Å². The Morgan fingerprint density at radius 3 is 2.89 bits per heavy atom. The molecule has 0 saturated heterocycles. The first kappa shape index (κ1) is 12.0. The van der Waals surface area contributed by atoms with Crippen molar-refractivity contribution >= 4 is 5.82 Å². The zero-order valence-corrected chi connectivity index (χ0v) is 11.3. The van der Waals surface area contributed by atoms with Gasteiger partial charge in [-0.05, 0) is 49.7 Å². The van der Waals surface area contributed by atoms with Gasteiger partial charge in [-0.2, -0.15) is 0 Å². The highest BCUT2D eigenvalue weighted by Gasteiger charge is 2.14. The van der Waals surface area contributed by atoms with Crippen LogP contribution in [-0.2, 0) is 12.8 Å². The van der Waals surface area contributed by atoms with Crippen LogP contribution in [0.25, 0.3) is 0 Å². The molecule has 1 N–H and O–H groups in total. The van der Waals surface area contributed by atoms with Crippen LogP contribution in [0.2, 0.25) is 0 Å². The summed E-state index contributed by atoms with van der Waals surface area (Å²) in [5.41, 5.74) is 2.79. The van der Waals surface area contributed by atoms with Crippen LogP contribution in [0.1, 0.15) is 56.2 Å². The zero-order chi connectivity index (χ0) is 12.2. The van der Waals surface area contributed by atoms with Crippen LogP contribution in [0.3, 0.4) is 0 Å². The molecule has 0 unspecified atom stereocenters. The highest BCUT2D eigenvalue weighted by atomic mass is 15.0. The lowest BCUT2D eigenvalue weighted by Crippen LogP contribution is -2.06. The third-order valence-electron chi connectivity index (χ3n) is 4.50. The first-order valence-electron chi connectivity index (χ1n) is 7.64. The lowest BCUT2D eigenvalue weighted by atomic mass is 10.0. The molecule has 2 heteroatoms. The van der Waals surface area contributed by atoms with Gasteiger partial charge in [0.2, 0.25) is 0 Å². The molecular weight excluding hydrogens is 220 g/mol. The standard InChI is InChI=1S/C16H24N2/c1-2-6-13(5-1)7-4-12-17-16-11-10-14-8-3-9-15(14)18-16/h10-11,13H,1-9,12H2,(H,17,18). The number of nitrogens with zero attached hydrogens (tertiary/aromatic N) is 1. The Labute approximate surface area is 110 Å². The summed E-state index contributed by atoms with van der Waals surface area (Å²) >= 11 is 0. The van der Waals surface area contributed by atoms with Gasteiger partial charge in [0.25, 0.3) is 0 Å². The summed E-state index contributed by atoms with van der Waals surface area (Å²) in [5.74, 6) is 2.10. The summed E-state index contributed by atoms with van der Waals surface area (Å²) in [6.07, 6.45) is 12.2. The number of fused-ring (bicyclic) bond motifs is 1. The van der Waals surface area contributed by atoms with Crippen molar-refractivity contribution in [2.24, 2.45) is 5.92 Å². The Balaban J connectivity index is 1.42. The minimum atomic E-state index is 1.01. The van der Waals surface area contributed by atoms with E-state index in [0.29, 0.717) is 0 Å². The lowest BCUT2D eigenvalue weighted by Gasteiger charge is -2.10. The summed E-state index contributed by atoms with van der Waals surface area (Å²) in [4.78, 5) is 4.71. The minimum absolute atomic E-state index is 1.01. The van der Waals surface area contributed by atoms with Crippen molar-refractivity contribution in [1.29, 1.82) is 0 Å². The Hall–Kier alpha value is -1.05. The van der Waals surface area contributed by atoms with E-state index in [-0.39, 0.29) is 0 Å². The Morgan fingerprint density at radius 2 is 2.00 bits per heavy atom. The molecule has 1 saturated carbocycles. The average Bonchev–Trinajstić information content (AvgIpc) is 3.05. The Kier molecular flexibility index (Phi) is 3.82. The molecule has 98 valence electrons. The quantitative estimate of drug-likeness (QED) is 0.793. The van der Waals surface area contributed by atoms with Crippen LogP contribution in [0.15, 0.2) is 12.1 Å². The molecule has 0 spiro atoms. The van der Waals surface area contributed by atoms with Gasteiger partial charge in [-0.15, -0.1) is 0 Å². The van der Waals surface area contributed by atoms with Crippen LogP contribution >= 0.6 is 0 Å². The van der Waals surface area contributed by atoms with Crippen LogP contribution < -0.4 is 5.32 Å². The molecule has 1 fully saturated rings. The molecular formula is C16H24N2. The number of nitrogens with one attached hydrogen (secondary N) is 1. The van der Waals surface area contributed by atoms with Crippen molar-refractivity contribution in [3.63, 3.8) is 0 Å². The predicted octanol–water partition coefficient (Wildman–Crippen LogP) is 3.95. The molecule has 0 aromatic carbocycles. The molecule has 0 radical (unpaired) electrons. The fourth-order valence-electron chi connectivity index (χ4n) is 3.43. The van der Waals surface area contributed by atoms with Crippen molar-refractivity contribution in [2.45, 2.75) is 57.8 Å². The van der Waals surface area contributed by atoms with Gasteiger partial charge < -0.3 is 5.32 Å². The second-order valence-electron chi connectivity index (χ2n) is 5.88. The second-order valence-corrected chi connectivity index (χ2v) is 5.88. The number of anilines is 1. The number of hydrogen-bond acceptors (Lipinski definition) is 2. The van der Waals surface area contributed by atoms with Crippen LogP contribution in [0.4, 0.5) is 5.82 Å². The van der Waals surface area contributed by atoms with Gasteiger partial charge in [0.1, 0.15) is 5.82 Å². The molecule has 2 aliphatic carbocycles. The largest absolute Gasteiger partial charge is 0.370 e. The van der Waals surface area contributed by atoms with Crippen molar-refractivity contribution in [2.75, 3.05) is 11.9 Å². The maximum Gasteiger partial charge on any atom is 0.126 e. The van der Waals surface area contributed by atoms with Crippen molar-refractivity contribution in [3.8, 4) is 0 Å². The van der Waals surface area contributed by atoms with Gasteiger partial charge in [0, 0.05) is 12.2 Å². The maximum absolute atomic E-state index is 4.71. The van der Waals surface area contributed by atoms with Gasteiger partial charge in [-0.25, -0.2) is 4.98 Å². The van der Waals surface area contributed by atoms with E-state index in [1.165, 1.54) is 69.0 Å². The maximum atomic E-state index is 4.71. The van der Waals surface area contributed by atoms with E-state index in [1.54, 1.807) is 0 Å². The van der Waals surface area contributed by atoms with Crippen LogP contribution in [0, 0.1) is 5.92 Å². The molecule has 18 heavy (non-hydrogen) atoms. The molecule has 0 atom stereocenters. The second kappa shape index (κ2) is 5.73. The highest BCUT2D eigenvalue weighted by Crippen LogP contribution is 2.28. The third kappa shape index (κ3) is 2.85. The van der Waals surface area contributed by atoms with Gasteiger partial charge in [0.05, 0.1) is 0 Å². The average molecular weight is 244 g/mol. The van der Waals surface area contributed by atoms with Gasteiger partial charge >= 0.3 is 0 Å².